The molecule has 0 atom stereocenters. The van der Waals surface area contributed by atoms with Crippen LogP contribution in [0.5, 0.6) is 11.5 Å². The van der Waals surface area contributed by atoms with Crippen LogP contribution in [0.2, 0.25) is 0 Å². The number of rotatable bonds is 10. The van der Waals surface area contributed by atoms with Crippen LogP contribution in [-0.2, 0) is 0 Å². The highest BCUT2D eigenvalue weighted by Crippen LogP contribution is 2.41. The van der Waals surface area contributed by atoms with Gasteiger partial charge in [-0.3, -0.25) is 9.59 Å². The Balaban J connectivity index is 0.959. The maximum absolute atomic E-state index is 13.2. The van der Waals surface area contributed by atoms with E-state index >= 15 is 0 Å². The third kappa shape index (κ3) is 8.21. The predicted molar refractivity (Wildman–Crippen MR) is 230 cm³/mol. The fraction of sp³-hybridized carbons (Fsp3) is 0. The Morgan fingerprint density at radius 1 is 0.431 bits per heavy atom. The number of benzene rings is 8. The first-order valence-corrected chi connectivity index (χ1v) is 18.3. The molecular weight excluding hydrogens is 725 g/mol. The topological polar surface area (TPSA) is 148 Å². The number of hydrogen-bond acceptors (Lipinski definition) is 8. The highest BCUT2D eigenvalue weighted by molar-refractivity contribution is 6.12. The van der Waals surface area contributed by atoms with Crippen molar-refractivity contribution in [2.75, 3.05) is 10.6 Å². The Morgan fingerprint density at radius 2 is 0.793 bits per heavy atom. The van der Waals surface area contributed by atoms with Crippen LogP contribution in [-0.4, -0.2) is 22.0 Å². The molecule has 0 aliphatic heterocycles. The average Bonchev–Trinajstić information content (AvgIpc) is 3.26. The van der Waals surface area contributed by atoms with Gasteiger partial charge in [0.2, 0.25) is 0 Å². The van der Waals surface area contributed by atoms with Crippen molar-refractivity contribution in [3.8, 4) is 11.5 Å². The Kier molecular flexibility index (Phi) is 10.5. The summed E-state index contributed by atoms with van der Waals surface area (Å²) in [6.07, 6.45) is 3.92. The summed E-state index contributed by atoms with van der Waals surface area (Å²) in [5.74, 6) is -1.43. The smallest absolute Gasteiger partial charge is 0.259 e. The van der Waals surface area contributed by atoms with Gasteiger partial charge in [0.1, 0.15) is 11.4 Å². The number of phenols is 2. The quantitative estimate of drug-likeness (QED) is 0.0811. The highest BCUT2D eigenvalue weighted by atomic mass is 16.3. The van der Waals surface area contributed by atoms with E-state index < -0.39 is 11.8 Å². The van der Waals surface area contributed by atoms with E-state index in [-0.39, 0.29) is 34.0 Å². The van der Waals surface area contributed by atoms with Crippen molar-refractivity contribution in [3.63, 3.8) is 0 Å². The van der Waals surface area contributed by atoms with Gasteiger partial charge in [-0.05, 0) is 82.6 Å². The first-order chi connectivity index (χ1) is 28.4. The molecule has 10 nitrogen and oxygen atoms in total. The lowest BCUT2D eigenvalue weighted by molar-refractivity contribution is 0.101. The van der Waals surface area contributed by atoms with Gasteiger partial charge in [0.15, 0.2) is 11.5 Å². The number of phenolic OH excluding ortho intramolecular Hbond substituents is 2. The summed E-state index contributed by atoms with van der Waals surface area (Å²) in [7, 11) is 0. The second-order valence-electron chi connectivity index (χ2n) is 13.2. The van der Waals surface area contributed by atoms with Crippen LogP contribution in [0.1, 0.15) is 31.8 Å². The molecule has 0 bridgehead atoms. The summed E-state index contributed by atoms with van der Waals surface area (Å²) in [5.41, 5.74) is 4.79. The summed E-state index contributed by atoms with van der Waals surface area (Å²) in [6.45, 7) is 0. The van der Waals surface area contributed by atoms with E-state index in [1.54, 1.807) is 36.4 Å². The monoisotopic (exact) mass is 758 g/mol. The van der Waals surface area contributed by atoms with Crippen LogP contribution in [0.4, 0.5) is 34.1 Å². The number of nitrogens with one attached hydrogen (secondary N) is 2. The average molecular weight is 759 g/mol. The maximum atomic E-state index is 13.2. The van der Waals surface area contributed by atoms with Crippen LogP contribution >= 0.6 is 0 Å². The van der Waals surface area contributed by atoms with Crippen LogP contribution in [0.25, 0.3) is 33.7 Å². The molecular formula is C48H34N6O4. The van der Waals surface area contributed by atoms with Gasteiger partial charge in [-0.1, -0.05) is 121 Å². The highest BCUT2D eigenvalue weighted by Gasteiger charge is 2.20. The van der Waals surface area contributed by atoms with Crippen molar-refractivity contribution in [2.24, 2.45) is 20.5 Å². The molecule has 0 unspecified atom stereocenters. The molecule has 8 rings (SSSR count). The van der Waals surface area contributed by atoms with E-state index in [0.29, 0.717) is 33.5 Å². The number of anilines is 2. The zero-order valence-electron chi connectivity index (χ0n) is 30.8. The molecule has 0 aromatic heterocycles. The summed E-state index contributed by atoms with van der Waals surface area (Å²) in [6, 6.07) is 51.0. The summed E-state index contributed by atoms with van der Waals surface area (Å²) in [5, 5.41) is 48.4. The fourth-order valence-electron chi connectivity index (χ4n) is 6.34. The van der Waals surface area contributed by atoms with Crippen LogP contribution in [0.15, 0.2) is 190 Å². The van der Waals surface area contributed by atoms with Crippen molar-refractivity contribution in [1.82, 2.24) is 0 Å². The number of carbonyl (C=O) groups excluding carboxylic acids is 2. The molecule has 4 N–H and O–H groups in total. The summed E-state index contributed by atoms with van der Waals surface area (Å²) < 4.78 is 0. The van der Waals surface area contributed by atoms with Crippen LogP contribution in [0, 0.1) is 0 Å². The molecule has 8 aromatic carbocycles. The van der Waals surface area contributed by atoms with Gasteiger partial charge in [0.25, 0.3) is 11.8 Å². The molecule has 0 aliphatic carbocycles. The minimum atomic E-state index is -0.456. The molecule has 0 aliphatic rings. The molecule has 0 saturated heterocycles. The molecule has 280 valence electrons. The standard InChI is InChI=1S/C48H34N6O4/c55-45-41(47(57)49-35-13-3-1-4-14-35)29-33-11-7-9-17-39(33)43(45)53-51-37-25-21-31(22-26-37)19-20-32-23-27-38(28-24-32)52-54-44-40-18-10-8-12-34(40)30-42(46(44)56)48(58)50-36-15-5-2-6-16-36/h1-30,55-56H,(H,49,57)(H,50,58)/b20-19+,53-51+,54-52+. The number of aromatic hydroxyl groups is 2. The molecule has 0 spiro atoms. The maximum Gasteiger partial charge on any atom is 0.259 e. The number of carbonyl (C=O) groups is 2. The summed E-state index contributed by atoms with van der Waals surface area (Å²) >= 11 is 0. The third-order valence-electron chi connectivity index (χ3n) is 9.33. The SMILES string of the molecule is O=C(Nc1ccccc1)c1cc2ccccc2c(/N=N/c2ccc(/C=C/c3ccc(/N=N/c4c(O)c(C(=O)Nc5ccccc5)cc5ccccc45)cc3)cc2)c1O. The molecule has 2 amide bonds. The second-order valence-corrected chi connectivity index (χ2v) is 13.2. The molecule has 10 heteroatoms. The van der Waals surface area contributed by atoms with E-state index in [1.807, 2.05) is 146 Å². The summed E-state index contributed by atoms with van der Waals surface area (Å²) in [4.78, 5) is 26.3. The largest absolute Gasteiger partial charge is 0.505 e. The minimum absolute atomic E-state index is 0.0939. The lowest BCUT2D eigenvalue weighted by Gasteiger charge is -2.11. The van der Waals surface area contributed by atoms with Crippen molar-refractivity contribution in [3.05, 3.63) is 192 Å². The van der Waals surface area contributed by atoms with Gasteiger partial charge < -0.3 is 20.8 Å². The number of amides is 2. The molecule has 0 saturated carbocycles. The Bertz CT molecular complexity index is 2680. The number of azo groups is 2. The lowest BCUT2D eigenvalue weighted by atomic mass is 10.0. The molecule has 58 heavy (non-hydrogen) atoms. The lowest BCUT2D eigenvalue weighted by Crippen LogP contribution is -2.12. The van der Waals surface area contributed by atoms with Crippen molar-refractivity contribution < 1.29 is 19.8 Å². The van der Waals surface area contributed by atoms with E-state index in [9.17, 15) is 19.8 Å². The van der Waals surface area contributed by atoms with Crippen molar-refractivity contribution in [2.45, 2.75) is 0 Å². The van der Waals surface area contributed by atoms with Crippen molar-refractivity contribution in [1.29, 1.82) is 0 Å². The van der Waals surface area contributed by atoms with E-state index in [1.165, 1.54) is 0 Å². The Morgan fingerprint density at radius 3 is 1.19 bits per heavy atom. The first-order valence-electron chi connectivity index (χ1n) is 18.3. The zero-order chi connectivity index (χ0) is 39.8. The van der Waals surface area contributed by atoms with E-state index in [0.717, 1.165) is 21.9 Å². The molecule has 0 heterocycles. The Labute approximate surface area is 333 Å². The van der Waals surface area contributed by atoms with Gasteiger partial charge in [-0.15, -0.1) is 10.2 Å². The van der Waals surface area contributed by atoms with E-state index in [2.05, 4.69) is 31.1 Å². The first kappa shape index (κ1) is 36.7. The number of hydrogen-bond donors (Lipinski definition) is 4. The van der Waals surface area contributed by atoms with Gasteiger partial charge in [-0.25, -0.2) is 0 Å². The number of nitrogens with zero attached hydrogens (tertiary/aromatic N) is 4. The van der Waals surface area contributed by atoms with Crippen LogP contribution < -0.4 is 10.6 Å². The van der Waals surface area contributed by atoms with Gasteiger partial charge in [-0.2, -0.15) is 10.2 Å². The second kappa shape index (κ2) is 16.6. The van der Waals surface area contributed by atoms with Gasteiger partial charge in [0.05, 0.1) is 22.5 Å². The van der Waals surface area contributed by atoms with Gasteiger partial charge >= 0.3 is 0 Å². The van der Waals surface area contributed by atoms with E-state index in [4.69, 9.17) is 0 Å². The number of fused-ring (bicyclic) bond motifs is 2. The third-order valence-corrected chi connectivity index (χ3v) is 9.33. The molecule has 0 radical (unpaired) electrons. The van der Waals surface area contributed by atoms with Crippen molar-refractivity contribution >= 4 is 79.6 Å². The zero-order valence-corrected chi connectivity index (χ0v) is 30.8. The Hall–Kier alpha value is -8.24. The molecule has 0 fully saturated rings. The predicted octanol–water partition coefficient (Wildman–Crippen LogP) is 12.9. The normalized spacial score (nSPS) is 11.5. The van der Waals surface area contributed by atoms with Gasteiger partial charge in [0, 0.05) is 22.1 Å². The molecule has 8 aromatic rings. The minimum Gasteiger partial charge on any atom is -0.505 e. The fourth-order valence-corrected chi connectivity index (χ4v) is 6.34. The van der Waals surface area contributed by atoms with Crippen LogP contribution in [0.3, 0.4) is 0 Å². The number of para-hydroxylation sites is 2.